The highest BCUT2D eigenvalue weighted by molar-refractivity contribution is 7.44. The summed E-state index contributed by atoms with van der Waals surface area (Å²) >= 11 is 0. The molecule has 4 aromatic rings. The first-order valence-electron chi connectivity index (χ1n) is 9.61. The van der Waals surface area contributed by atoms with Gasteiger partial charge in [0.15, 0.2) is 12.5 Å². The van der Waals surface area contributed by atoms with E-state index in [1.54, 1.807) is 30.6 Å². The maximum absolute atomic E-state index is 10.8. The number of nitrogen functional groups attached to an aromatic ring is 1. The van der Waals surface area contributed by atoms with Crippen LogP contribution >= 0.6 is 7.82 Å². The highest BCUT2D eigenvalue weighted by atomic mass is 31.2. The van der Waals surface area contributed by atoms with Crippen molar-refractivity contribution in [3.63, 3.8) is 0 Å². The zero-order valence-electron chi connectivity index (χ0n) is 16.9. The lowest BCUT2D eigenvalue weighted by atomic mass is 10.0. The van der Waals surface area contributed by atoms with E-state index in [0.29, 0.717) is 17.7 Å². The molecule has 1 unspecified atom stereocenters. The molecule has 0 radical (unpaired) electrons. The molecule has 1 aromatic carbocycles. The van der Waals surface area contributed by atoms with Gasteiger partial charge in [0.05, 0.1) is 11.9 Å². The molecule has 1 atom stereocenters. The van der Waals surface area contributed by atoms with Crippen LogP contribution in [0.15, 0.2) is 71.9 Å². The second-order valence-corrected chi connectivity index (χ2v) is 8.30. The maximum atomic E-state index is 10.8. The molecule has 3 N–H and O–H groups in total. The quantitative estimate of drug-likeness (QED) is 0.299. The van der Waals surface area contributed by atoms with E-state index in [-0.39, 0.29) is 5.82 Å². The van der Waals surface area contributed by atoms with Crippen molar-refractivity contribution in [2.75, 3.05) is 5.73 Å². The van der Waals surface area contributed by atoms with Gasteiger partial charge >= 0.3 is 0 Å². The lowest BCUT2D eigenvalue weighted by molar-refractivity contribution is -0.712. The Labute approximate surface area is 183 Å². The maximum Gasteiger partial charge on any atom is 0.285 e. The highest BCUT2D eigenvalue weighted by Crippen LogP contribution is 2.30. The Kier molecular flexibility index (Phi) is 6.38. The first kappa shape index (κ1) is 21.8. The van der Waals surface area contributed by atoms with E-state index in [0.717, 1.165) is 28.8 Å². The van der Waals surface area contributed by atoms with Crippen LogP contribution in [0.25, 0.3) is 11.3 Å². The molecular formula is C21H20N5O5P. The molecule has 0 aliphatic heterocycles. The van der Waals surface area contributed by atoms with Crippen LogP contribution in [-0.4, -0.2) is 20.0 Å². The number of phosphoric acid groups is 1. The fourth-order valence-electron chi connectivity index (χ4n) is 3.18. The van der Waals surface area contributed by atoms with Crippen LogP contribution in [0.1, 0.15) is 22.4 Å². The molecule has 11 heteroatoms. The molecule has 164 valence electrons. The van der Waals surface area contributed by atoms with E-state index in [2.05, 4.69) is 31.8 Å². The summed E-state index contributed by atoms with van der Waals surface area (Å²) in [4.78, 5) is 27.7. The van der Waals surface area contributed by atoms with Gasteiger partial charge in [-0.25, -0.2) is 14.5 Å². The summed E-state index contributed by atoms with van der Waals surface area (Å²) in [6.07, 6.45) is 7.95. The number of nitrogens with two attached hydrogens (primary N) is 1. The van der Waals surface area contributed by atoms with E-state index >= 15 is 0 Å². The molecule has 10 nitrogen and oxygen atoms in total. The van der Waals surface area contributed by atoms with E-state index < -0.39 is 14.6 Å². The summed E-state index contributed by atoms with van der Waals surface area (Å²) in [7, 11) is -4.86. The molecule has 0 aliphatic carbocycles. The van der Waals surface area contributed by atoms with Gasteiger partial charge in [-0.1, -0.05) is 29.4 Å². The van der Waals surface area contributed by atoms with Crippen molar-refractivity contribution in [1.29, 1.82) is 0 Å². The number of phosphoric ester groups is 1. The smallest absolute Gasteiger partial charge is 0.285 e. The zero-order chi connectivity index (χ0) is 22.6. The third-order valence-corrected chi connectivity index (χ3v) is 5.17. The Morgan fingerprint density at radius 1 is 1.09 bits per heavy atom. The predicted octanol–water partition coefficient (Wildman–Crippen LogP) is 1.62. The van der Waals surface area contributed by atoms with Gasteiger partial charge < -0.3 is 14.3 Å². The number of benzene rings is 1. The third kappa shape index (κ3) is 5.63. The van der Waals surface area contributed by atoms with Crippen molar-refractivity contribution < 1.29 is 28.0 Å². The molecule has 0 amide bonds. The van der Waals surface area contributed by atoms with Crippen LogP contribution in [0, 0.1) is 0 Å². The molecular weight excluding hydrogens is 433 g/mol. The number of hydrogen-bond donors (Lipinski definition) is 2. The van der Waals surface area contributed by atoms with Crippen molar-refractivity contribution in [3.05, 3.63) is 89.8 Å². The van der Waals surface area contributed by atoms with Crippen molar-refractivity contribution in [2.24, 2.45) is 0 Å². The second-order valence-electron chi connectivity index (χ2n) is 7.10. The van der Waals surface area contributed by atoms with E-state index in [1.807, 2.05) is 12.1 Å². The van der Waals surface area contributed by atoms with Gasteiger partial charge in [-0.3, -0.25) is 14.8 Å². The van der Waals surface area contributed by atoms with Crippen LogP contribution < -0.4 is 15.2 Å². The molecule has 0 saturated carbocycles. The molecule has 0 saturated heterocycles. The van der Waals surface area contributed by atoms with Crippen LogP contribution in [0.2, 0.25) is 0 Å². The Balaban J connectivity index is 1.45. The first-order valence-corrected chi connectivity index (χ1v) is 11.1. The average Bonchev–Trinajstić information content (AvgIpc) is 3.23. The van der Waals surface area contributed by atoms with Gasteiger partial charge in [0, 0.05) is 31.3 Å². The largest absolute Gasteiger partial charge is 0.756 e. The van der Waals surface area contributed by atoms with Crippen LogP contribution in [0.3, 0.4) is 0 Å². The molecule has 0 bridgehead atoms. The number of pyridine rings is 1. The van der Waals surface area contributed by atoms with Gasteiger partial charge in [-0.15, -0.1) is 0 Å². The van der Waals surface area contributed by atoms with Crippen molar-refractivity contribution in [1.82, 2.24) is 15.1 Å². The van der Waals surface area contributed by atoms with E-state index in [9.17, 15) is 9.46 Å². The van der Waals surface area contributed by atoms with Crippen LogP contribution in [-0.2, 0) is 28.7 Å². The number of hydrogen-bond acceptors (Lipinski definition) is 8. The summed E-state index contributed by atoms with van der Waals surface area (Å²) < 4.78 is 22.0. The predicted molar refractivity (Wildman–Crippen MR) is 112 cm³/mol. The lowest BCUT2D eigenvalue weighted by Gasteiger charge is -2.14. The molecule has 4 rings (SSSR count). The average molecular weight is 453 g/mol. The summed E-state index contributed by atoms with van der Waals surface area (Å²) in [5, 5.41) is 4.11. The summed E-state index contributed by atoms with van der Waals surface area (Å²) in [6.45, 7) is -0.459. The normalized spacial score (nSPS) is 13.1. The minimum absolute atomic E-state index is 0.206. The number of nitrogens with zero attached hydrogens (tertiary/aromatic N) is 4. The Hall–Kier alpha value is -3.43. The molecule has 3 heterocycles. The van der Waals surface area contributed by atoms with Gasteiger partial charge in [0.1, 0.15) is 11.9 Å². The Bertz CT molecular complexity index is 1240. The first-order chi connectivity index (χ1) is 15.4. The zero-order valence-corrected chi connectivity index (χ0v) is 17.8. The fourth-order valence-corrected chi connectivity index (χ4v) is 3.45. The van der Waals surface area contributed by atoms with Gasteiger partial charge in [0.2, 0.25) is 0 Å². The van der Waals surface area contributed by atoms with Crippen molar-refractivity contribution in [2.45, 2.75) is 19.6 Å². The van der Waals surface area contributed by atoms with Crippen molar-refractivity contribution in [3.8, 4) is 11.3 Å². The van der Waals surface area contributed by atoms with Crippen LogP contribution in [0.5, 0.6) is 0 Å². The minimum atomic E-state index is -4.86. The van der Waals surface area contributed by atoms with E-state index in [1.165, 1.54) is 17.1 Å². The van der Waals surface area contributed by atoms with Gasteiger partial charge in [-0.05, 0) is 28.8 Å². The summed E-state index contributed by atoms with van der Waals surface area (Å²) in [5.41, 5.74) is 10.6. The number of aromatic nitrogens is 4. The van der Waals surface area contributed by atoms with Gasteiger partial charge in [0.25, 0.3) is 13.6 Å². The third-order valence-electron chi connectivity index (χ3n) is 4.73. The van der Waals surface area contributed by atoms with Gasteiger partial charge in [-0.2, -0.15) is 0 Å². The SMILES string of the molecule is Nc1c(-c2cc(Cc3ccc(Cc4cncnc4)cc3)no2)ccc[n+]1COP(=O)([O-])O. The van der Waals surface area contributed by atoms with Crippen molar-refractivity contribution >= 4 is 13.6 Å². The monoisotopic (exact) mass is 453 g/mol. The molecule has 0 aliphatic rings. The minimum Gasteiger partial charge on any atom is -0.756 e. The Morgan fingerprint density at radius 2 is 1.78 bits per heavy atom. The van der Waals surface area contributed by atoms with Crippen LogP contribution in [0.4, 0.5) is 5.82 Å². The topological polar surface area (TPSA) is 151 Å². The lowest BCUT2D eigenvalue weighted by Crippen LogP contribution is -2.38. The number of rotatable bonds is 8. The summed E-state index contributed by atoms with van der Waals surface area (Å²) in [6, 6.07) is 13.3. The molecule has 32 heavy (non-hydrogen) atoms. The fraction of sp³-hybridized carbons (Fsp3) is 0.143. The number of anilines is 1. The second kappa shape index (κ2) is 9.37. The van der Waals surface area contributed by atoms with E-state index in [4.69, 9.17) is 15.2 Å². The Morgan fingerprint density at radius 3 is 2.47 bits per heavy atom. The standard InChI is InChI=1S/C21H20N5O5P/c22-21-19(2-1-7-26(21)14-30-32(27,28)29)20-10-18(25-31-20)9-16-5-3-15(4-6-16)8-17-11-23-13-24-12-17/h1-7,10-13,22H,8-9,14H2,(H2,27,28,29). The molecule has 0 fully saturated rings. The summed E-state index contributed by atoms with van der Waals surface area (Å²) in [5.74, 6) is 0.639. The molecule has 0 spiro atoms. The highest BCUT2D eigenvalue weighted by Gasteiger charge is 2.18. The molecule has 3 aromatic heterocycles.